The number of fused-ring (bicyclic) bond motifs is 1. The molecule has 2 aromatic rings. The highest BCUT2D eigenvalue weighted by atomic mass is 127. The van der Waals surface area contributed by atoms with Crippen molar-refractivity contribution >= 4 is 35.6 Å². The summed E-state index contributed by atoms with van der Waals surface area (Å²) < 4.78 is 2.03. The summed E-state index contributed by atoms with van der Waals surface area (Å²) in [6.45, 7) is 0.794. The van der Waals surface area contributed by atoms with Gasteiger partial charge in [-0.1, -0.05) is 25.3 Å². The molecule has 1 saturated carbocycles. The van der Waals surface area contributed by atoms with Gasteiger partial charge in [-0.05, 0) is 25.0 Å². The molecule has 0 radical (unpaired) electrons. The minimum Gasteiger partial charge on any atom is -0.356 e. The molecule has 0 atom stereocenters. The van der Waals surface area contributed by atoms with Crippen LogP contribution in [0, 0.1) is 0 Å². The Morgan fingerprint density at radius 3 is 2.87 bits per heavy atom. The monoisotopic (exact) mass is 428 g/mol. The Morgan fingerprint density at radius 1 is 1.26 bits per heavy atom. The van der Waals surface area contributed by atoms with E-state index in [1.54, 1.807) is 0 Å². The number of guanidine groups is 1. The van der Waals surface area contributed by atoms with Crippen molar-refractivity contribution in [1.82, 2.24) is 25.2 Å². The second kappa shape index (κ2) is 9.05. The van der Waals surface area contributed by atoms with E-state index in [1.807, 2.05) is 35.8 Å². The summed E-state index contributed by atoms with van der Waals surface area (Å²) in [6, 6.07) is 6.50. The fraction of sp³-hybridized carbons (Fsp3) is 0.562. The number of aromatic nitrogens is 3. The van der Waals surface area contributed by atoms with E-state index >= 15 is 0 Å². The van der Waals surface area contributed by atoms with Gasteiger partial charge in [0, 0.05) is 32.3 Å². The molecule has 7 heteroatoms. The Kier molecular flexibility index (Phi) is 7.07. The second-order valence-corrected chi connectivity index (χ2v) is 5.77. The van der Waals surface area contributed by atoms with E-state index < -0.39 is 0 Å². The maximum Gasteiger partial charge on any atom is 0.191 e. The van der Waals surface area contributed by atoms with Crippen LogP contribution in [0.5, 0.6) is 0 Å². The molecule has 2 N–H and O–H groups in total. The zero-order chi connectivity index (χ0) is 15.2. The van der Waals surface area contributed by atoms with Gasteiger partial charge in [0.15, 0.2) is 11.6 Å². The van der Waals surface area contributed by atoms with Crippen LogP contribution in [0.15, 0.2) is 29.4 Å². The fourth-order valence-corrected chi connectivity index (χ4v) is 2.99. The van der Waals surface area contributed by atoms with E-state index in [-0.39, 0.29) is 24.0 Å². The Labute approximate surface area is 154 Å². The Morgan fingerprint density at radius 2 is 2.09 bits per heavy atom. The number of nitrogens with zero attached hydrogens (tertiary/aromatic N) is 4. The maximum absolute atomic E-state index is 4.31. The number of rotatable bonds is 4. The summed E-state index contributed by atoms with van der Waals surface area (Å²) in [5.41, 5.74) is 0.891. The highest BCUT2D eigenvalue weighted by molar-refractivity contribution is 14.0. The normalized spacial score (nSPS) is 16.1. The molecular formula is C16H25IN6. The molecular weight excluding hydrogens is 403 g/mol. The van der Waals surface area contributed by atoms with Crippen LogP contribution < -0.4 is 10.6 Å². The molecule has 0 bridgehead atoms. The molecule has 0 aromatic carbocycles. The van der Waals surface area contributed by atoms with E-state index in [0.717, 1.165) is 30.4 Å². The number of pyridine rings is 1. The van der Waals surface area contributed by atoms with Gasteiger partial charge < -0.3 is 10.6 Å². The molecule has 0 saturated heterocycles. The van der Waals surface area contributed by atoms with Crippen LogP contribution in [0.2, 0.25) is 0 Å². The third-order valence-electron chi connectivity index (χ3n) is 4.20. The van der Waals surface area contributed by atoms with E-state index in [0.29, 0.717) is 6.04 Å². The zero-order valence-electron chi connectivity index (χ0n) is 13.5. The Balaban J connectivity index is 0.00000192. The molecule has 6 nitrogen and oxygen atoms in total. The minimum absolute atomic E-state index is 0. The van der Waals surface area contributed by atoms with Crippen molar-refractivity contribution in [2.75, 3.05) is 13.6 Å². The largest absolute Gasteiger partial charge is 0.356 e. The van der Waals surface area contributed by atoms with Crippen molar-refractivity contribution in [3.05, 3.63) is 30.2 Å². The summed E-state index contributed by atoms with van der Waals surface area (Å²) in [7, 11) is 1.82. The lowest BCUT2D eigenvalue weighted by Gasteiger charge is -2.24. The van der Waals surface area contributed by atoms with Crippen molar-refractivity contribution in [1.29, 1.82) is 0 Å². The van der Waals surface area contributed by atoms with Gasteiger partial charge in [-0.3, -0.25) is 9.39 Å². The van der Waals surface area contributed by atoms with Crippen LogP contribution >= 0.6 is 24.0 Å². The second-order valence-electron chi connectivity index (χ2n) is 5.77. The number of hydrogen-bond acceptors (Lipinski definition) is 3. The first-order chi connectivity index (χ1) is 10.9. The molecule has 0 amide bonds. The molecule has 2 aromatic heterocycles. The van der Waals surface area contributed by atoms with E-state index in [1.165, 1.54) is 32.1 Å². The molecule has 126 valence electrons. The number of aliphatic imine (C=N–C) groups is 1. The number of nitrogens with one attached hydrogen (secondary N) is 2. The van der Waals surface area contributed by atoms with Gasteiger partial charge >= 0.3 is 0 Å². The van der Waals surface area contributed by atoms with Crippen LogP contribution in [0.3, 0.4) is 0 Å². The van der Waals surface area contributed by atoms with Gasteiger partial charge in [0.2, 0.25) is 0 Å². The third-order valence-corrected chi connectivity index (χ3v) is 4.20. The highest BCUT2D eigenvalue weighted by Gasteiger charge is 2.14. The number of hydrogen-bond donors (Lipinski definition) is 2. The van der Waals surface area contributed by atoms with Crippen LogP contribution in [0.25, 0.3) is 5.65 Å². The lowest BCUT2D eigenvalue weighted by Crippen LogP contribution is -2.44. The average molecular weight is 428 g/mol. The summed E-state index contributed by atoms with van der Waals surface area (Å²) in [5.74, 6) is 1.86. The van der Waals surface area contributed by atoms with Crippen LogP contribution in [0.4, 0.5) is 0 Å². The smallest absolute Gasteiger partial charge is 0.191 e. The van der Waals surface area contributed by atoms with Gasteiger partial charge in [0.05, 0.1) is 0 Å². The molecule has 3 rings (SSSR count). The third kappa shape index (κ3) is 4.79. The van der Waals surface area contributed by atoms with Crippen molar-refractivity contribution < 1.29 is 0 Å². The van der Waals surface area contributed by atoms with Crippen LogP contribution in [-0.2, 0) is 6.42 Å². The minimum atomic E-state index is 0. The Hall–Kier alpha value is -1.38. The molecule has 0 unspecified atom stereocenters. The quantitative estimate of drug-likeness (QED) is 0.446. The standard InChI is InChI=1S/C16H24N6.HI/c1-17-16(19-13-7-3-2-4-8-13)18-11-10-15-21-20-14-9-5-6-12-22(14)15;/h5-6,9,12-13H,2-4,7-8,10-11H2,1H3,(H2,17,18,19);1H. The predicted octanol–water partition coefficient (Wildman–Crippen LogP) is 2.39. The summed E-state index contributed by atoms with van der Waals surface area (Å²) in [6.07, 6.45) is 9.31. The van der Waals surface area contributed by atoms with Crippen molar-refractivity contribution in [3.63, 3.8) is 0 Å². The molecule has 1 aliphatic rings. The first-order valence-electron chi connectivity index (χ1n) is 8.12. The van der Waals surface area contributed by atoms with Crippen LogP contribution in [0.1, 0.15) is 37.9 Å². The first kappa shape index (κ1) is 18.0. The molecule has 1 aliphatic carbocycles. The van der Waals surface area contributed by atoms with Gasteiger partial charge in [0.25, 0.3) is 0 Å². The predicted molar refractivity (Wildman–Crippen MR) is 103 cm³/mol. The van der Waals surface area contributed by atoms with Crippen molar-refractivity contribution in [2.24, 2.45) is 4.99 Å². The average Bonchev–Trinajstić information content (AvgIpc) is 2.98. The van der Waals surface area contributed by atoms with Crippen molar-refractivity contribution in [2.45, 2.75) is 44.6 Å². The van der Waals surface area contributed by atoms with Gasteiger partial charge in [-0.2, -0.15) is 0 Å². The van der Waals surface area contributed by atoms with Gasteiger partial charge in [-0.15, -0.1) is 34.2 Å². The summed E-state index contributed by atoms with van der Waals surface area (Å²) in [5, 5.41) is 15.3. The number of halogens is 1. The fourth-order valence-electron chi connectivity index (χ4n) is 2.99. The van der Waals surface area contributed by atoms with Crippen LogP contribution in [-0.4, -0.2) is 40.2 Å². The maximum atomic E-state index is 4.31. The Bertz CT molecular complexity index is 632. The van der Waals surface area contributed by atoms with E-state index in [2.05, 4.69) is 25.8 Å². The van der Waals surface area contributed by atoms with Crippen molar-refractivity contribution in [3.8, 4) is 0 Å². The lowest BCUT2D eigenvalue weighted by molar-refractivity contribution is 0.410. The highest BCUT2D eigenvalue weighted by Crippen LogP contribution is 2.17. The summed E-state index contributed by atoms with van der Waals surface area (Å²) in [4.78, 5) is 4.31. The molecule has 2 heterocycles. The van der Waals surface area contributed by atoms with Gasteiger partial charge in [0.1, 0.15) is 5.82 Å². The molecule has 0 aliphatic heterocycles. The molecule has 23 heavy (non-hydrogen) atoms. The molecule has 1 fully saturated rings. The van der Waals surface area contributed by atoms with E-state index in [9.17, 15) is 0 Å². The zero-order valence-corrected chi connectivity index (χ0v) is 15.9. The molecule has 0 spiro atoms. The van der Waals surface area contributed by atoms with E-state index in [4.69, 9.17) is 0 Å². The SMILES string of the molecule is CN=C(NCCc1nnc2ccccn12)NC1CCCCC1.I. The summed E-state index contributed by atoms with van der Waals surface area (Å²) >= 11 is 0. The van der Waals surface area contributed by atoms with Gasteiger partial charge in [-0.25, -0.2) is 0 Å². The topological polar surface area (TPSA) is 66.6 Å². The first-order valence-corrected chi connectivity index (χ1v) is 8.12. The lowest BCUT2D eigenvalue weighted by atomic mass is 9.96.